The number of thiophene rings is 1. The molecule has 2 heterocycles. The second-order valence-corrected chi connectivity index (χ2v) is 6.90. The molecule has 0 spiro atoms. The molecule has 2 rings (SSSR count). The Morgan fingerprint density at radius 3 is 2.89 bits per heavy atom. The summed E-state index contributed by atoms with van der Waals surface area (Å²) >= 11 is 5.24. The lowest BCUT2D eigenvalue weighted by Gasteiger charge is -2.08. The predicted octanol–water partition coefficient (Wildman–Crippen LogP) is 3.97. The molecule has 1 atom stereocenters. The number of nitrogens with zero attached hydrogens (tertiary/aromatic N) is 2. The monoisotopic (exact) mass is 327 g/mol. The van der Waals surface area contributed by atoms with Gasteiger partial charge in [0.2, 0.25) is 0 Å². The van der Waals surface area contributed by atoms with Crippen molar-refractivity contribution in [1.82, 2.24) is 15.1 Å². The summed E-state index contributed by atoms with van der Waals surface area (Å²) in [6.45, 7) is 6.08. The van der Waals surface area contributed by atoms with Gasteiger partial charge in [-0.05, 0) is 47.5 Å². The zero-order chi connectivity index (χ0) is 13.0. The van der Waals surface area contributed by atoms with Crippen LogP contribution in [0.1, 0.15) is 36.9 Å². The van der Waals surface area contributed by atoms with E-state index in [1.807, 2.05) is 4.68 Å². The lowest BCUT2D eigenvalue weighted by atomic mass is 10.3. The minimum absolute atomic E-state index is 0.479. The van der Waals surface area contributed by atoms with E-state index >= 15 is 0 Å². The molecule has 0 saturated heterocycles. The van der Waals surface area contributed by atoms with Crippen molar-refractivity contribution < 1.29 is 0 Å². The van der Waals surface area contributed by atoms with Crippen molar-refractivity contribution in [2.45, 2.75) is 39.4 Å². The van der Waals surface area contributed by atoms with Gasteiger partial charge < -0.3 is 5.32 Å². The maximum Gasteiger partial charge on any atom is 0.0762 e. The van der Waals surface area contributed by atoms with Gasteiger partial charge in [-0.2, -0.15) is 5.10 Å². The molecule has 0 saturated carbocycles. The van der Waals surface area contributed by atoms with Gasteiger partial charge in [0.15, 0.2) is 0 Å². The standard InChI is InChI=1S/C13H18BrN3S/c1-3-10(2)17-7-6-11(16-17)8-15-9-12-4-5-13(14)18-12/h4-7,10,15H,3,8-9H2,1-2H3. The predicted molar refractivity (Wildman–Crippen MR) is 79.8 cm³/mol. The van der Waals surface area contributed by atoms with E-state index < -0.39 is 0 Å². The molecule has 0 amide bonds. The van der Waals surface area contributed by atoms with Crippen molar-refractivity contribution in [3.05, 3.63) is 38.8 Å². The Kier molecular flexibility index (Phi) is 4.97. The third-order valence-corrected chi connectivity index (χ3v) is 4.56. The van der Waals surface area contributed by atoms with Crippen LogP contribution >= 0.6 is 27.3 Å². The highest BCUT2D eigenvalue weighted by Crippen LogP contribution is 2.21. The number of hydrogen-bond donors (Lipinski definition) is 1. The van der Waals surface area contributed by atoms with E-state index in [0.29, 0.717) is 6.04 Å². The van der Waals surface area contributed by atoms with Crippen LogP contribution in [-0.2, 0) is 13.1 Å². The van der Waals surface area contributed by atoms with Crippen LogP contribution in [0.25, 0.3) is 0 Å². The van der Waals surface area contributed by atoms with E-state index in [4.69, 9.17) is 0 Å². The van der Waals surface area contributed by atoms with Crippen LogP contribution in [0.15, 0.2) is 28.2 Å². The number of hydrogen-bond acceptors (Lipinski definition) is 3. The van der Waals surface area contributed by atoms with Crippen LogP contribution in [0.4, 0.5) is 0 Å². The molecular weight excluding hydrogens is 310 g/mol. The number of aromatic nitrogens is 2. The zero-order valence-electron chi connectivity index (χ0n) is 10.7. The Labute approximate surface area is 120 Å². The fourth-order valence-electron chi connectivity index (χ4n) is 1.66. The fraction of sp³-hybridized carbons (Fsp3) is 0.462. The molecule has 0 aliphatic rings. The Balaban J connectivity index is 1.81. The highest BCUT2D eigenvalue weighted by molar-refractivity contribution is 9.11. The van der Waals surface area contributed by atoms with Gasteiger partial charge in [-0.3, -0.25) is 4.68 Å². The van der Waals surface area contributed by atoms with Gasteiger partial charge in [-0.25, -0.2) is 0 Å². The Morgan fingerprint density at radius 2 is 2.22 bits per heavy atom. The Bertz CT molecular complexity index is 492. The first-order valence-electron chi connectivity index (χ1n) is 6.18. The Hall–Kier alpha value is -0.650. The zero-order valence-corrected chi connectivity index (χ0v) is 13.1. The molecular formula is C13H18BrN3S. The number of halogens is 1. The maximum absolute atomic E-state index is 4.57. The molecule has 98 valence electrons. The molecule has 2 aromatic heterocycles. The van der Waals surface area contributed by atoms with E-state index in [1.165, 1.54) is 8.66 Å². The van der Waals surface area contributed by atoms with Gasteiger partial charge >= 0.3 is 0 Å². The summed E-state index contributed by atoms with van der Waals surface area (Å²) in [5.74, 6) is 0. The third kappa shape index (κ3) is 3.67. The summed E-state index contributed by atoms with van der Waals surface area (Å²) in [5.41, 5.74) is 1.10. The summed E-state index contributed by atoms with van der Waals surface area (Å²) < 4.78 is 3.22. The van der Waals surface area contributed by atoms with Gasteiger partial charge in [0.1, 0.15) is 0 Å². The lowest BCUT2D eigenvalue weighted by Crippen LogP contribution is -2.13. The van der Waals surface area contributed by atoms with Crippen molar-refractivity contribution in [2.75, 3.05) is 0 Å². The quantitative estimate of drug-likeness (QED) is 0.870. The second kappa shape index (κ2) is 6.50. The van der Waals surface area contributed by atoms with Crippen molar-refractivity contribution >= 4 is 27.3 Å². The first-order valence-corrected chi connectivity index (χ1v) is 7.79. The molecule has 0 bridgehead atoms. The molecule has 18 heavy (non-hydrogen) atoms. The molecule has 1 N–H and O–H groups in total. The minimum atomic E-state index is 0.479. The highest BCUT2D eigenvalue weighted by Gasteiger charge is 2.04. The van der Waals surface area contributed by atoms with E-state index in [2.05, 4.69) is 64.6 Å². The molecule has 0 aliphatic heterocycles. The minimum Gasteiger partial charge on any atom is -0.306 e. The third-order valence-electron chi connectivity index (χ3n) is 2.94. The fourth-order valence-corrected chi connectivity index (χ4v) is 3.12. The van der Waals surface area contributed by atoms with Crippen molar-refractivity contribution in [3.8, 4) is 0 Å². The van der Waals surface area contributed by atoms with Gasteiger partial charge in [0, 0.05) is 30.2 Å². The molecule has 1 unspecified atom stereocenters. The maximum atomic E-state index is 4.57. The van der Waals surface area contributed by atoms with Crippen molar-refractivity contribution in [1.29, 1.82) is 0 Å². The summed E-state index contributed by atoms with van der Waals surface area (Å²) in [6.07, 6.45) is 3.17. The molecule has 0 fully saturated rings. The van der Waals surface area contributed by atoms with Gasteiger partial charge in [-0.15, -0.1) is 11.3 Å². The van der Waals surface area contributed by atoms with E-state index in [1.54, 1.807) is 11.3 Å². The average Bonchev–Trinajstić information content (AvgIpc) is 2.98. The van der Waals surface area contributed by atoms with Crippen LogP contribution < -0.4 is 5.32 Å². The molecule has 3 nitrogen and oxygen atoms in total. The Morgan fingerprint density at radius 1 is 1.39 bits per heavy atom. The summed E-state index contributed by atoms with van der Waals surface area (Å²) in [6, 6.07) is 6.79. The highest BCUT2D eigenvalue weighted by atomic mass is 79.9. The average molecular weight is 328 g/mol. The largest absolute Gasteiger partial charge is 0.306 e. The smallest absolute Gasteiger partial charge is 0.0762 e. The van der Waals surface area contributed by atoms with Crippen LogP contribution in [0.2, 0.25) is 0 Å². The van der Waals surface area contributed by atoms with E-state index in [0.717, 1.165) is 25.2 Å². The van der Waals surface area contributed by atoms with Crippen LogP contribution in [-0.4, -0.2) is 9.78 Å². The van der Waals surface area contributed by atoms with E-state index in [9.17, 15) is 0 Å². The summed E-state index contributed by atoms with van der Waals surface area (Å²) in [7, 11) is 0. The van der Waals surface area contributed by atoms with Crippen molar-refractivity contribution in [3.63, 3.8) is 0 Å². The van der Waals surface area contributed by atoms with Crippen LogP contribution in [0, 0.1) is 0 Å². The first kappa shape index (κ1) is 13.8. The first-order chi connectivity index (χ1) is 8.69. The normalized spacial score (nSPS) is 12.8. The SMILES string of the molecule is CCC(C)n1ccc(CNCc2ccc(Br)s2)n1. The van der Waals surface area contributed by atoms with Gasteiger partial charge in [-0.1, -0.05) is 6.92 Å². The lowest BCUT2D eigenvalue weighted by molar-refractivity contribution is 0.471. The van der Waals surface area contributed by atoms with Crippen LogP contribution in [0.5, 0.6) is 0 Å². The van der Waals surface area contributed by atoms with Gasteiger partial charge in [0.05, 0.1) is 9.48 Å². The number of rotatable bonds is 6. The number of nitrogens with one attached hydrogen (secondary N) is 1. The summed E-state index contributed by atoms with van der Waals surface area (Å²) in [5, 5.41) is 7.98. The molecule has 2 aromatic rings. The summed E-state index contributed by atoms with van der Waals surface area (Å²) in [4.78, 5) is 1.34. The van der Waals surface area contributed by atoms with Crippen molar-refractivity contribution in [2.24, 2.45) is 0 Å². The van der Waals surface area contributed by atoms with E-state index in [-0.39, 0.29) is 0 Å². The molecule has 5 heteroatoms. The van der Waals surface area contributed by atoms with Gasteiger partial charge in [0.25, 0.3) is 0 Å². The molecule has 0 aliphatic carbocycles. The van der Waals surface area contributed by atoms with Crippen LogP contribution in [0.3, 0.4) is 0 Å². The molecule has 0 aromatic carbocycles. The molecule has 0 radical (unpaired) electrons. The second-order valence-electron chi connectivity index (χ2n) is 4.35. The topological polar surface area (TPSA) is 29.9 Å².